The highest BCUT2D eigenvalue weighted by Crippen LogP contribution is 2.32. The number of methoxy groups -OCH3 is 1. The normalized spacial score (nSPS) is 12.1. The number of para-hydroxylation sites is 1. The van der Waals surface area contributed by atoms with Crippen molar-refractivity contribution in [2.75, 3.05) is 12.4 Å². The van der Waals surface area contributed by atoms with E-state index in [0.717, 1.165) is 32.8 Å². The molecule has 3 rings (SSSR count). The topological polar surface area (TPSA) is 90.4 Å². The number of hydrogen-bond donors (Lipinski definition) is 1. The number of amides is 1. The molecule has 0 saturated heterocycles. The Hall–Kier alpha value is -2.65. The van der Waals surface area contributed by atoms with Crippen LogP contribution in [0.2, 0.25) is 0 Å². The maximum Gasteiger partial charge on any atom is 0.350 e. The summed E-state index contributed by atoms with van der Waals surface area (Å²) < 4.78 is 10.7. The summed E-state index contributed by atoms with van der Waals surface area (Å²) in [7, 11) is 1.61. The number of aromatic nitrogens is 2. The summed E-state index contributed by atoms with van der Waals surface area (Å²) in [6.45, 7) is 9.10. The lowest BCUT2D eigenvalue weighted by atomic mass is 10.1. The summed E-state index contributed by atoms with van der Waals surface area (Å²) in [5, 5.41) is 4.49. The van der Waals surface area contributed by atoms with Gasteiger partial charge in [-0.1, -0.05) is 35.2 Å². The third-order valence-electron chi connectivity index (χ3n) is 4.43. The molecule has 1 unspecified atom stereocenters. The molecule has 1 amide bonds. The summed E-state index contributed by atoms with van der Waals surface area (Å²) in [6.07, 6.45) is -0.222. The average Bonchev–Trinajstić information content (AvgIpc) is 3.07. The van der Waals surface area contributed by atoms with Gasteiger partial charge in [0, 0.05) is 5.39 Å². The van der Waals surface area contributed by atoms with Crippen molar-refractivity contribution in [2.24, 2.45) is 0 Å². The van der Waals surface area contributed by atoms with Crippen LogP contribution in [0, 0.1) is 13.8 Å². The van der Waals surface area contributed by atoms with E-state index in [0.29, 0.717) is 21.5 Å². The zero-order valence-electron chi connectivity index (χ0n) is 18.3. The van der Waals surface area contributed by atoms with Crippen LogP contribution in [-0.2, 0) is 9.53 Å². The first-order chi connectivity index (χ1) is 14.7. The number of benzene rings is 1. The molecule has 3 aromatic rings. The first kappa shape index (κ1) is 23.0. The van der Waals surface area contributed by atoms with Crippen molar-refractivity contribution >= 4 is 51.0 Å². The summed E-state index contributed by atoms with van der Waals surface area (Å²) in [4.78, 5) is 34.2. The number of anilines is 1. The van der Waals surface area contributed by atoms with Gasteiger partial charge in [0.1, 0.15) is 16.1 Å². The molecule has 2 aromatic heterocycles. The van der Waals surface area contributed by atoms with Crippen LogP contribution in [-0.4, -0.2) is 40.3 Å². The molecule has 1 N–H and O–H groups in total. The van der Waals surface area contributed by atoms with Gasteiger partial charge >= 0.3 is 5.97 Å². The predicted molar refractivity (Wildman–Crippen MR) is 124 cm³/mol. The van der Waals surface area contributed by atoms with Crippen molar-refractivity contribution in [3.05, 3.63) is 40.4 Å². The summed E-state index contributed by atoms with van der Waals surface area (Å²) in [5.74, 6) is 0.0408. The summed E-state index contributed by atoms with van der Waals surface area (Å²) in [5.41, 5.74) is 2.36. The fourth-order valence-corrected chi connectivity index (χ4v) is 4.70. The zero-order chi connectivity index (χ0) is 22.7. The molecule has 0 saturated carbocycles. The number of esters is 1. The van der Waals surface area contributed by atoms with Crippen LogP contribution in [0.3, 0.4) is 0 Å². The van der Waals surface area contributed by atoms with Crippen molar-refractivity contribution in [1.82, 2.24) is 9.97 Å². The van der Waals surface area contributed by atoms with E-state index in [2.05, 4.69) is 15.3 Å². The lowest BCUT2D eigenvalue weighted by Gasteiger charge is -2.13. The summed E-state index contributed by atoms with van der Waals surface area (Å²) >= 11 is 2.46. The third-order valence-corrected chi connectivity index (χ3v) is 6.50. The SMILES string of the molecule is COc1cccc2c(C)cc(SC(C)C(=O)Nc3nc(C)c(C(=O)OC(C)C)s3)nc12. The van der Waals surface area contributed by atoms with Gasteiger partial charge in [-0.05, 0) is 52.3 Å². The number of hydrogen-bond acceptors (Lipinski definition) is 8. The molecule has 7 nitrogen and oxygen atoms in total. The number of carbonyl (C=O) groups is 2. The standard InChI is InChI=1S/C22H25N3O4S2/c1-11(2)29-21(27)19-13(4)23-22(31-19)25-20(26)14(5)30-17-10-12(3)15-8-7-9-16(28-6)18(15)24-17/h7-11,14H,1-6H3,(H,23,25,26). The fraction of sp³-hybridized carbons (Fsp3) is 0.364. The first-order valence-electron chi connectivity index (χ1n) is 9.80. The average molecular weight is 460 g/mol. The van der Waals surface area contributed by atoms with Crippen molar-refractivity contribution in [2.45, 2.75) is 51.0 Å². The number of thiazole rings is 1. The monoisotopic (exact) mass is 459 g/mol. The van der Waals surface area contributed by atoms with Gasteiger partial charge in [-0.15, -0.1) is 0 Å². The van der Waals surface area contributed by atoms with Crippen LogP contribution < -0.4 is 10.1 Å². The molecule has 0 spiro atoms. The minimum atomic E-state index is -0.433. The molecule has 1 aromatic carbocycles. The second-order valence-electron chi connectivity index (χ2n) is 7.27. The number of thioether (sulfide) groups is 1. The first-order valence-corrected chi connectivity index (χ1v) is 11.5. The van der Waals surface area contributed by atoms with Gasteiger partial charge in [-0.3, -0.25) is 4.79 Å². The molecular weight excluding hydrogens is 434 g/mol. The van der Waals surface area contributed by atoms with Crippen molar-refractivity contribution < 1.29 is 19.1 Å². The van der Waals surface area contributed by atoms with E-state index in [1.54, 1.807) is 34.8 Å². The van der Waals surface area contributed by atoms with E-state index in [-0.39, 0.29) is 12.0 Å². The van der Waals surface area contributed by atoms with Crippen molar-refractivity contribution in [3.8, 4) is 5.75 Å². The number of rotatable bonds is 7. The molecule has 2 heterocycles. The lowest BCUT2D eigenvalue weighted by molar-refractivity contribution is -0.115. The Balaban J connectivity index is 1.74. The van der Waals surface area contributed by atoms with Crippen molar-refractivity contribution in [3.63, 3.8) is 0 Å². The van der Waals surface area contributed by atoms with Gasteiger partial charge < -0.3 is 14.8 Å². The van der Waals surface area contributed by atoms with E-state index in [1.807, 2.05) is 31.2 Å². The molecule has 0 bridgehead atoms. The van der Waals surface area contributed by atoms with Crippen LogP contribution in [0.25, 0.3) is 10.9 Å². The van der Waals surface area contributed by atoms with Gasteiger partial charge in [0.25, 0.3) is 0 Å². The van der Waals surface area contributed by atoms with Crippen LogP contribution in [0.5, 0.6) is 5.75 Å². The molecule has 9 heteroatoms. The molecule has 0 fully saturated rings. The van der Waals surface area contributed by atoms with Crippen molar-refractivity contribution in [1.29, 1.82) is 0 Å². The predicted octanol–water partition coefficient (Wildman–Crippen LogP) is 5.00. The quantitative estimate of drug-likeness (QED) is 0.393. The number of nitrogens with one attached hydrogen (secondary N) is 1. The third kappa shape index (κ3) is 5.34. The molecule has 0 aliphatic heterocycles. The Morgan fingerprint density at radius 2 is 1.90 bits per heavy atom. The Morgan fingerprint density at radius 1 is 1.16 bits per heavy atom. The maximum absolute atomic E-state index is 12.7. The molecule has 164 valence electrons. The van der Waals surface area contributed by atoms with E-state index >= 15 is 0 Å². The van der Waals surface area contributed by atoms with Crippen LogP contribution in [0.15, 0.2) is 29.3 Å². The van der Waals surface area contributed by atoms with E-state index in [1.165, 1.54) is 11.8 Å². The van der Waals surface area contributed by atoms with Crippen LogP contribution in [0.1, 0.15) is 41.7 Å². The molecule has 0 aliphatic carbocycles. The number of aryl methyl sites for hydroxylation is 2. The molecule has 0 aliphatic rings. The molecule has 1 atom stereocenters. The zero-order valence-corrected chi connectivity index (χ0v) is 19.9. The lowest BCUT2D eigenvalue weighted by Crippen LogP contribution is -2.22. The smallest absolute Gasteiger partial charge is 0.350 e. The van der Waals surface area contributed by atoms with Crippen LogP contribution >= 0.6 is 23.1 Å². The Kier molecular flexibility index (Phi) is 7.17. The number of carbonyl (C=O) groups excluding carboxylic acids is 2. The number of ether oxygens (including phenoxy) is 2. The second kappa shape index (κ2) is 9.65. The van der Waals surface area contributed by atoms with E-state index in [9.17, 15) is 9.59 Å². The minimum Gasteiger partial charge on any atom is -0.494 e. The highest BCUT2D eigenvalue weighted by Gasteiger charge is 2.22. The van der Waals surface area contributed by atoms with Gasteiger partial charge in [0.2, 0.25) is 5.91 Å². The minimum absolute atomic E-state index is 0.220. The molecule has 31 heavy (non-hydrogen) atoms. The van der Waals surface area contributed by atoms with Gasteiger partial charge in [-0.25, -0.2) is 14.8 Å². The van der Waals surface area contributed by atoms with Crippen LogP contribution in [0.4, 0.5) is 5.13 Å². The number of pyridine rings is 1. The number of nitrogens with zero attached hydrogens (tertiary/aromatic N) is 2. The van der Waals surface area contributed by atoms with E-state index in [4.69, 9.17) is 9.47 Å². The van der Waals surface area contributed by atoms with E-state index < -0.39 is 11.2 Å². The largest absolute Gasteiger partial charge is 0.494 e. The van der Waals surface area contributed by atoms with Gasteiger partial charge in [-0.2, -0.15) is 0 Å². The Morgan fingerprint density at radius 3 is 2.58 bits per heavy atom. The Bertz CT molecular complexity index is 1130. The fourth-order valence-electron chi connectivity index (χ4n) is 2.93. The number of fused-ring (bicyclic) bond motifs is 1. The van der Waals surface area contributed by atoms with Gasteiger partial charge in [0.05, 0.1) is 29.2 Å². The van der Waals surface area contributed by atoms with Gasteiger partial charge in [0.15, 0.2) is 5.13 Å². The highest BCUT2D eigenvalue weighted by atomic mass is 32.2. The summed E-state index contributed by atoms with van der Waals surface area (Å²) in [6, 6.07) is 7.76. The second-order valence-corrected chi connectivity index (χ2v) is 9.63. The Labute approximate surface area is 189 Å². The maximum atomic E-state index is 12.7. The molecule has 0 radical (unpaired) electrons. The molecular formula is C22H25N3O4S2. The highest BCUT2D eigenvalue weighted by molar-refractivity contribution is 8.00.